The van der Waals surface area contributed by atoms with Crippen LogP contribution in [0.15, 0.2) is 30.3 Å². The molecule has 19 heavy (non-hydrogen) atoms. The van der Waals surface area contributed by atoms with Crippen molar-refractivity contribution in [1.82, 2.24) is 5.32 Å². The van der Waals surface area contributed by atoms with Gasteiger partial charge in [-0.2, -0.15) is 0 Å². The molecule has 1 aliphatic heterocycles. The molecule has 1 saturated heterocycles. The third-order valence-electron chi connectivity index (χ3n) is 5.30. The summed E-state index contributed by atoms with van der Waals surface area (Å²) < 4.78 is 0. The first kappa shape index (κ1) is 13.1. The summed E-state index contributed by atoms with van der Waals surface area (Å²) in [6.45, 7) is 2.28. The molecule has 3 rings (SSSR count). The first-order valence-electron chi connectivity index (χ1n) is 7.71. The van der Waals surface area contributed by atoms with Gasteiger partial charge in [-0.15, -0.1) is 0 Å². The van der Waals surface area contributed by atoms with Gasteiger partial charge in [-0.1, -0.05) is 30.3 Å². The van der Waals surface area contributed by atoms with Crippen LogP contribution in [0.1, 0.15) is 37.7 Å². The number of aryl methyl sites for hydroxylation is 1. The molecule has 1 aromatic carbocycles. The number of benzene rings is 1. The fraction of sp³-hybridized carbons (Fsp3) is 0.647. The predicted molar refractivity (Wildman–Crippen MR) is 78.0 cm³/mol. The summed E-state index contributed by atoms with van der Waals surface area (Å²) in [4.78, 5) is 0. The number of hydrogen-bond acceptors (Lipinski definition) is 2. The minimum atomic E-state index is -0.0482. The summed E-state index contributed by atoms with van der Waals surface area (Å²) >= 11 is 0. The Balaban J connectivity index is 1.69. The molecule has 0 unspecified atom stereocenters. The fourth-order valence-corrected chi connectivity index (χ4v) is 4.08. The van der Waals surface area contributed by atoms with Crippen LogP contribution in [0.4, 0.5) is 0 Å². The number of aliphatic hydroxyl groups excluding tert-OH is 1. The molecule has 0 amide bonds. The van der Waals surface area contributed by atoms with Crippen LogP contribution >= 0.6 is 0 Å². The number of piperidine rings is 1. The topological polar surface area (TPSA) is 32.3 Å². The highest BCUT2D eigenvalue weighted by atomic mass is 16.3. The maximum atomic E-state index is 9.93. The Bertz CT molecular complexity index is 405. The van der Waals surface area contributed by atoms with E-state index in [2.05, 4.69) is 35.6 Å². The lowest BCUT2D eigenvalue weighted by Gasteiger charge is -2.49. The van der Waals surface area contributed by atoms with Crippen molar-refractivity contribution in [3.63, 3.8) is 0 Å². The summed E-state index contributed by atoms with van der Waals surface area (Å²) in [7, 11) is 0. The quantitative estimate of drug-likeness (QED) is 0.875. The van der Waals surface area contributed by atoms with Gasteiger partial charge < -0.3 is 10.4 Å². The summed E-state index contributed by atoms with van der Waals surface area (Å²) in [6, 6.07) is 10.8. The van der Waals surface area contributed by atoms with Gasteiger partial charge in [0.1, 0.15) is 0 Å². The Hall–Kier alpha value is -0.860. The van der Waals surface area contributed by atoms with E-state index >= 15 is 0 Å². The lowest BCUT2D eigenvalue weighted by Crippen LogP contribution is -2.50. The minimum absolute atomic E-state index is 0.0482. The molecule has 2 heteroatoms. The minimum Gasteiger partial charge on any atom is -0.393 e. The van der Waals surface area contributed by atoms with Gasteiger partial charge in [-0.3, -0.25) is 0 Å². The third kappa shape index (κ3) is 2.85. The van der Waals surface area contributed by atoms with Crippen LogP contribution in [0.5, 0.6) is 0 Å². The van der Waals surface area contributed by atoms with Crippen LogP contribution in [0.3, 0.4) is 0 Å². The van der Waals surface area contributed by atoms with Gasteiger partial charge in [0.05, 0.1) is 6.10 Å². The van der Waals surface area contributed by atoms with Gasteiger partial charge in [0.25, 0.3) is 0 Å². The second-order valence-electron chi connectivity index (χ2n) is 6.44. The van der Waals surface area contributed by atoms with E-state index in [9.17, 15) is 5.11 Å². The molecule has 104 valence electrons. The normalized spacial score (nSPS) is 34.8. The molecule has 2 N–H and O–H groups in total. The molecule has 1 heterocycles. The van der Waals surface area contributed by atoms with E-state index in [4.69, 9.17) is 0 Å². The van der Waals surface area contributed by atoms with Crippen LogP contribution < -0.4 is 5.32 Å². The van der Waals surface area contributed by atoms with E-state index < -0.39 is 0 Å². The largest absolute Gasteiger partial charge is 0.393 e. The van der Waals surface area contributed by atoms with Crippen LogP contribution in [0.2, 0.25) is 0 Å². The van der Waals surface area contributed by atoms with Gasteiger partial charge in [0.15, 0.2) is 0 Å². The van der Waals surface area contributed by atoms with E-state index in [-0.39, 0.29) is 6.10 Å². The predicted octanol–water partition coefficient (Wildman–Crippen LogP) is 2.76. The highest BCUT2D eigenvalue weighted by Gasteiger charge is 2.43. The number of nitrogens with one attached hydrogen (secondary N) is 1. The van der Waals surface area contributed by atoms with Crippen molar-refractivity contribution in [2.45, 2.75) is 44.6 Å². The summed E-state index contributed by atoms with van der Waals surface area (Å²) in [5.41, 5.74) is 1.89. The van der Waals surface area contributed by atoms with Gasteiger partial charge in [0, 0.05) is 6.54 Å². The van der Waals surface area contributed by atoms with E-state index in [1.54, 1.807) is 0 Å². The van der Waals surface area contributed by atoms with E-state index in [1.165, 1.54) is 31.2 Å². The Kier molecular flexibility index (Phi) is 3.90. The first-order valence-corrected chi connectivity index (χ1v) is 7.71. The molecule has 3 atom stereocenters. The Morgan fingerprint density at radius 1 is 1.21 bits per heavy atom. The highest BCUT2D eigenvalue weighted by Crippen LogP contribution is 2.47. The molecule has 2 nitrogen and oxygen atoms in total. The first-order chi connectivity index (χ1) is 9.28. The maximum Gasteiger partial charge on any atom is 0.0543 e. The zero-order chi connectivity index (χ0) is 13.1. The van der Waals surface area contributed by atoms with Crippen molar-refractivity contribution < 1.29 is 5.11 Å². The number of hydrogen-bond donors (Lipinski definition) is 2. The Labute approximate surface area is 116 Å². The Morgan fingerprint density at radius 3 is 2.89 bits per heavy atom. The molecule has 1 aromatic rings. The van der Waals surface area contributed by atoms with Gasteiger partial charge >= 0.3 is 0 Å². The SMILES string of the molecule is O[C@H]1CC[C@]2(CCc3ccccc3)CNCC[C@H]2C1. The molecular formula is C17H25NO. The molecule has 0 spiro atoms. The van der Waals surface area contributed by atoms with Crippen LogP contribution in [-0.2, 0) is 6.42 Å². The molecular weight excluding hydrogens is 234 g/mol. The molecule has 1 saturated carbocycles. The molecule has 2 aliphatic rings. The molecule has 0 aromatic heterocycles. The number of aliphatic hydroxyl groups is 1. The van der Waals surface area contributed by atoms with Gasteiger partial charge in [-0.25, -0.2) is 0 Å². The second kappa shape index (κ2) is 5.64. The molecule has 0 bridgehead atoms. The summed E-state index contributed by atoms with van der Waals surface area (Å²) in [6.07, 6.45) is 6.85. The third-order valence-corrected chi connectivity index (χ3v) is 5.30. The lowest BCUT2D eigenvalue weighted by atomic mass is 9.60. The highest BCUT2D eigenvalue weighted by molar-refractivity contribution is 5.15. The van der Waals surface area contributed by atoms with Crippen LogP contribution in [0.25, 0.3) is 0 Å². The van der Waals surface area contributed by atoms with E-state index in [0.717, 1.165) is 31.8 Å². The number of rotatable bonds is 3. The standard InChI is InChI=1S/C17H25NO/c19-16-7-10-17(13-18-11-8-15(17)12-16)9-6-14-4-2-1-3-5-14/h1-5,15-16,18-19H,6-13H2/t15-,16-,17+/m0/s1. The second-order valence-corrected chi connectivity index (χ2v) is 6.44. The number of fused-ring (bicyclic) bond motifs is 1. The van der Waals surface area contributed by atoms with Gasteiger partial charge in [0.2, 0.25) is 0 Å². The average Bonchev–Trinajstić information content (AvgIpc) is 2.47. The van der Waals surface area contributed by atoms with Crippen molar-refractivity contribution in [3.8, 4) is 0 Å². The van der Waals surface area contributed by atoms with Crippen LogP contribution in [-0.4, -0.2) is 24.3 Å². The van der Waals surface area contributed by atoms with Crippen LogP contribution in [0, 0.1) is 11.3 Å². The molecule has 1 aliphatic carbocycles. The molecule has 2 fully saturated rings. The van der Waals surface area contributed by atoms with Crippen molar-refractivity contribution in [2.24, 2.45) is 11.3 Å². The zero-order valence-corrected chi connectivity index (χ0v) is 11.6. The maximum absolute atomic E-state index is 9.93. The smallest absolute Gasteiger partial charge is 0.0543 e. The van der Waals surface area contributed by atoms with E-state index in [0.29, 0.717) is 5.41 Å². The van der Waals surface area contributed by atoms with Crippen molar-refractivity contribution >= 4 is 0 Å². The Morgan fingerprint density at radius 2 is 2.05 bits per heavy atom. The summed E-state index contributed by atoms with van der Waals surface area (Å²) in [5.74, 6) is 0.723. The van der Waals surface area contributed by atoms with Crippen molar-refractivity contribution in [3.05, 3.63) is 35.9 Å². The lowest BCUT2D eigenvalue weighted by molar-refractivity contribution is -0.0149. The zero-order valence-electron chi connectivity index (χ0n) is 11.6. The monoisotopic (exact) mass is 259 g/mol. The molecule has 0 radical (unpaired) electrons. The van der Waals surface area contributed by atoms with Gasteiger partial charge in [-0.05, 0) is 62.0 Å². The van der Waals surface area contributed by atoms with E-state index in [1.807, 2.05) is 0 Å². The van der Waals surface area contributed by atoms with Crippen molar-refractivity contribution in [1.29, 1.82) is 0 Å². The van der Waals surface area contributed by atoms with Crippen molar-refractivity contribution in [2.75, 3.05) is 13.1 Å². The fourth-order valence-electron chi connectivity index (χ4n) is 4.08. The summed E-state index contributed by atoms with van der Waals surface area (Å²) in [5, 5.41) is 13.5. The average molecular weight is 259 g/mol.